The van der Waals surface area contributed by atoms with Crippen molar-refractivity contribution in [1.29, 1.82) is 0 Å². The molecule has 0 aliphatic carbocycles. The summed E-state index contributed by atoms with van der Waals surface area (Å²) in [6, 6.07) is 0. The van der Waals surface area contributed by atoms with E-state index in [1.165, 1.54) is 6.08 Å². The van der Waals surface area contributed by atoms with Crippen LogP contribution in [0.1, 0.15) is 20.8 Å². The Balaban J connectivity index is 3.69. The van der Waals surface area contributed by atoms with E-state index in [0.29, 0.717) is 0 Å². The quantitative estimate of drug-likeness (QED) is 0.472. The molecule has 12 heavy (non-hydrogen) atoms. The third-order valence-corrected chi connectivity index (χ3v) is 1.30. The SMILES string of the molecule is CC=CC(=O)OCC(=O)C(C)C. The van der Waals surface area contributed by atoms with Gasteiger partial charge in [-0.25, -0.2) is 4.79 Å². The van der Waals surface area contributed by atoms with Gasteiger partial charge in [0, 0.05) is 12.0 Å². The standard InChI is InChI=1S/C9H14O3/c1-4-5-9(11)12-6-8(10)7(2)3/h4-5,7H,6H2,1-3H3. The molecule has 0 aliphatic heterocycles. The van der Waals surface area contributed by atoms with Crippen LogP contribution in [-0.4, -0.2) is 18.4 Å². The first-order valence-corrected chi connectivity index (χ1v) is 3.90. The molecule has 68 valence electrons. The Morgan fingerprint density at radius 2 is 2.00 bits per heavy atom. The summed E-state index contributed by atoms with van der Waals surface area (Å²) in [4.78, 5) is 21.7. The van der Waals surface area contributed by atoms with Gasteiger partial charge < -0.3 is 4.74 Å². The van der Waals surface area contributed by atoms with Gasteiger partial charge in [0.2, 0.25) is 0 Å². The molecule has 0 aromatic carbocycles. The topological polar surface area (TPSA) is 43.4 Å². The second-order valence-electron chi connectivity index (χ2n) is 2.73. The number of carbonyl (C=O) groups is 2. The van der Waals surface area contributed by atoms with Gasteiger partial charge in [-0.3, -0.25) is 4.79 Å². The molecule has 0 saturated carbocycles. The monoisotopic (exact) mass is 170 g/mol. The zero-order chi connectivity index (χ0) is 9.56. The molecule has 0 N–H and O–H groups in total. The zero-order valence-corrected chi connectivity index (χ0v) is 7.66. The third-order valence-electron chi connectivity index (χ3n) is 1.30. The lowest BCUT2D eigenvalue weighted by atomic mass is 10.1. The van der Waals surface area contributed by atoms with Gasteiger partial charge in [0.05, 0.1) is 0 Å². The fourth-order valence-electron chi connectivity index (χ4n) is 0.493. The second kappa shape index (κ2) is 5.52. The van der Waals surface area contributed by atoms with E-state index < -0.39 is 5.97 Å². The first-order chi connectivity index (χ1) is 5.57. The smallest absolute Gasteiger partial charge is 0.330 e. The Labute approximate surface area is 72.4 Å². The van der Waals surface area contributed by atoms with Crippen LogP contribution >= 0.6 is 0 Å². The van der Waals surface area contributed by atoms with Crippen LogP contribution in [0.25, 0.3) is 0 Å². The van der Waals surface area contributed by atoms with Crippen molar-refractivity contribution in [3.8, 4) is 0 Å². The summed E-state index contributed by atoms with van der Waals surface area (Å²) in [5.74, 6) is -0.609. The molecule has 0 spiro atoms. The molecular formula is C9H14O3. The van der Waals surface area contributed by atoms with Crippen LogP contribution in [-0.2, 0) is 14.3 Å². The Bertz CT molecular complexity index is 192. The number of rotatable bonds is 4. The largest absolute Gasteiger partial charge is 0.455 e. The van der Waals surface area contributed by atoms with Gasteiger partial charge in [-0.05, 0) is 6.92 Å². The number of hydrogen-bond acceptors (Lipinski definition) is 3. The summed E-state index contributed by atoms with van der Waals surface area (Å²) in [7, 11) is 0. The van der Waals surface area contributed by atoms with E-state index in [1.54, 1.807) is 26.8 Å². The molecule has 0 saturated heterocycles. The van der Waals surface area contributed by atoms with Crippen molar-refractivity contribution in [2.75, 3.05) is 6.61 Å². The average Bonchev–Trinajstić information content (AvgIpc) is 2.00. The van der Waals surface area contributed by atoms with E-state index in [2.05, 4.69) is 4.74 Å². The number of hydrogen-bond donors (Lipinski definition) is 0. The number of Topliss-reactive ketones (excluding diaryl/α,β-unsaturated/α-hetero) is 1. The van der Waals surface area contributed by atoms with Gasteiger partial charge in [0.15, 0.2) is 12.4 Å². The van der Waals surface area contributed by atoms with Gasteiger partial charge in [-0.15, -0.1) is 0 Å². The summed E-state index contributed by atoms with van der Waals surface area (Å²) in [6.07, 6.45) is 2.86. The maximum absolute atomic E-state index is 11.0. The number of esters is 1. The first-order valence-electron chi connectivity index (χ1n) is 3.90. The predicted molar refractivity (Wildman–Crippen MR) is 45.6 cm³/mol. The van der Waals surface area contributed by atoms with Crippen molar-refractivity contribution >= 4 is 11.8 Å². The molecule has 0 unspecified atom stereocenters. The van der Waals surface area contributed by atoms with E-state index in [1.807, 2.05) is 0 Å². The van der Waals surface area contributed by atoms with Crippen LogP contribution in [0.4, 0.5) is 0 Å². The fourth-order valence-corrected chi connectivity index (χ4v) is 0.493. The zero-order valence-electron chi connectivity index (χ0n) is 7.66. The molecule has 0 aromatic rings. The predicted octanol–water partition coefficient (Wildman–Crippen LogP) is 1.33. The van der Waals surface area contributed by atoms with E-state index in [-0.39, 0.29) is 18.3 Å². The Morgan fingerprint density at radius 1 is 1.42 bits per heavy atom. The van der Waals surface area contributed by atoms with Gasteiger partial charge in [0.1, 0.15) is 0 Å². The minimum absolute atomic E-state index is 0.0622. The lowest BCUT2D eigenvalue weighted by molar-refractivity contribution is -0.144. The van der Waals surface area contributed by atoms with Crippen LogP contribution in [0.3, 0.4) is 0 Å². The van der Waals surface area contributed by atoms with Crippen LogP contribution in [0.15, 0.2) is 12.2 Å². The average molecular weight is 170 g/mol. The molecule has 0 amide bonds. The minimum Gasteiger partial charge on any atom is -0.455 e. The molecule has 3 heteroatoms. The Morgan fingerprint density at radius 3 is 2.42 bits per heavy atom. The van der Waals surface area contributed by atoms with E-state index >= 15 is 0 Å². The van der Waals surface area contributed by atoms with Crippen LogP contribution < -0.4 is 0 Å². The Kier molecular flexibility index (Phi) is 5.00. The van der Waals surface area contributed by atoms with E-state index in [4.69, 9.17) is 0 Å². The fraction of sp³-hybridized carbons (Fsp3) is 0.556. The maximum Gasteiger partial charge on any atom is 0.330 e. The lowest BCUT2D eigenvalue weighted by Gasteiger charge is -2.03. The summed E-state index contributed by atoms with van der Waals surface area (Å²) in [5, 5.41) is 0. The Hall–Kier alpha value is -1.12. The molecule has 0 bridgehead atoms. The molecular weight excluding hydrogens is 156 g/mol. The highest BCUT2D eigenvalue weighted by atomic mass is 16.5. The van der Waals surface area contributed by atoms with Crippen molar-refractivity contribution in [2.45, 2.75) is 20.8 Å². The number of allylic oxidation sites excluding steroid dienone is 1. The normalized spacial score (nSPS) is 10.7. The van der Waals surface area contributed by atoms with Crippen LogP contribution in [0.2, 0.25) is 0 Å². The molecule has 0 atom stereocenters. The highest BCUT2D eigenvalue weighted by molar-refractivity contribution is 5.87. The summed E-state index contributed by atoms with van der Waals surface area (Å²) in [6.45, 7) is 5.13. The van der Waals surface area contributed by atoms with Gasteiger partial charge in [0.25, 0.3) is 0 Å². The van der Waals surface area contributed by atoms with Crippen LogP contribution in [0.5, 0.6) is 0 Å². The summed E-state index contributed by atoms with van der Waals surface area (Å²) >= 11 is 0. The highest BCUT2D eigenvalue weighted by Crippen LogP contribution is 1.94. The number of ketones is 1. The van der Waals surface area contributed by atoms with E-state index in [0.717, 1.165) is 0 Å². The molecule has 0 fully saturated rings. The van der Waals surface area contributed by atoms with Crippen molar-refractivity contribution in [1.82, 2.24) is 0 Å². The molecule has 0 aromatic heterocycles. The minimum atomic E-state index is -0.466. The second-order valence-corrected chi connectivity index (χ2v) is 2.73. The molecule has 0 rings (SSSR count). The van der Waals surface area contributed by atoms with Crippen molar-refractivity contribution in [3.63, 3.8) is 0 Å². The van der Waals surface area contributed by atoms with Crippen molar-refractivity contribution in [2.24, 2.45) is 5.92 Å². The maximum atomic E-state index is 11.0. The molecule has 0 radical (unpaired) electrons. The van der Waals surface area contributed by atoms with Crippen molar-refractivity contribution < 1.29 is 14.3 Å². The van der Waals surface area contributed by atoms with Gasteiger partial charge in [-0.2, -0.15) is 0 Å². The van der Waals surface area contributed by atoms with Crippen molar-refractivity contribution in [3.05, 3.63) is 12.2 Å². The molecule has 3 nitrogen and oxygen atoms in total. The lowest BCUT2D eigenvalue weighted by Crippen LogP contribution is -2.16. The van der Waals surface area contributed by atoms with Gasteiger partial charge in [-0.1, -0.05) is 19.9 Å². The summed E-state index contributed by atoms with van der Waals surface area (Å²) < 4.78 is 4.63. The van der Waals surface area contributed by atoms with Crippen LogP contribution in [0, 0.1) is 5.92 Å². The molecule has 0 heterocycles. The summed E-state index contributed by atoms with van der Waals surface area (Å²) in [5.41, 5.74) is 0. The number of carbonyl (C=O) groups excluding carboxylic acids is 2. The molecule has 0 aliphatic rings. The first kappa shape index (κ1) is 10.9. The van der Waals surface area contributed by atoms with E-state index in [9.17, 15) is 9.59 Å². The van der Waals surface area contributed by atoms with Gasteiger partial charge >= 0.3 is 5.97 Å². The third kappa shape index (κ3) is 4.66. The number of ether oxygens (including phenoxy) is 1. The highest BCUT2D eigenvalue weighted by Gasteiger charge is 2.08.